The predicted molar refractivity (Wildman–Crippen MR) is 82.5 cm³/mol. The van der Waals surface area contributed by atoms with Crippen LogP contribution < -0.4 is 15.2 Å². The first-order chi connectivity index (χ1) is 11.0. The number of piperidine rings is 1. The number of likely N-dealkylation sites (tertiary alicyclic amines) is 1. The van der Waals surface area contributed by atoms with E-state index in [1.807, 2.05) is 6.07 Å². The highest BCUT2D eigenvalue weighted by atomic mass is 16.5. The molecule has 2 aliphatic heterocycles. The minimum absolute atomic E-state index is 0.0612. The number of carbonyl (C=O) groups excluding carboxylic acids is 1. The summed E-state index contributed by atoms with van der Waals surface area (Å²) in [6, 6.07) is 4.08. The van der Waals surface area contributed by atoms with E-state index in [0.29, 0.717) is 6.42 Å². The maximum absolute atomic E-state index is 12.6. The van der Waals surface area contributed by atoms with Gasteiger partial charge in [0.1, 0.15) is 5.66 Å². The Kier molecular flexibility index (Phi) is 1.74. The van der Waals surface area contributed by atoms with Crippen molar-refractivity contribution < 1.29 is 14.3 Å². The topological polar surface area (TPSA) is 64.6 Å². The van der Waals surface area contributed by atoms with E-state index < -0.39 is 11.8 Å². The van der Waals surface area contributed by atoms with Gasteiger partial charge in [0.15, 0.2) is 23.4 Å². The summed E-state index contributed by atoms with van der Waals surface area (Å²) in [5, 5.41) is 0. The van der Waals surface area contributed by atoms with Crippen LogP contribution in [0.4, 0.5) is 0 Å². The number of ketones is 1. The molecule has 6 rings (SSSR count). The molecule has 1 saturated carbocycles. The number of ether oxygens (including phenoxy) is 2. The highest BCUT2D eigenvalue weighted by Crippen LogP contribution is 2.76. The molecule has 5 heteroatoms. The van der Waals surface area contributed by atoms with E-state index in [0.717, 1.165) is 29.9 Å². The second-order valence-electron chi connectivity index (χ2n) is 7.60. The molecule has 3 aliphatic carbocycles. The van der Waals surface area contributed by atoms with Crippen LogP contribution in [0.2, 0.25) is 0 Å². The van der Waals surface area contributed by atoms with Crippen LogP contribution in [-0.4, -0.2) is 42.1 Å². The fraction of sp³-hybridized carbons (Fsp3) is 0.500. The number of carbonyl (C=O) groups is 1. The molecule has 5 atom stereocenters. The molecule has 2 N–H and O–H groups in total. The van der Waals surface area contributed by atoms with E-state index in [1.165, 1.54) is 11.1 Å². The molecule has 2 heterocycles. The summed E-state index contributed by atoms with van der Waals surface area (Å²) in [4.78, 5) is 14.9. The van der Waals surface area contributed by atoms with Gasteiger partial charge in [0.25, 0.3) is 0 Å². The van der Waals surface area contributed by atoms with Crippen LogP contribution >= 0.6 is 0 Å². The molecule has 5 aliphatic rings. The van der Waals surface area contributed by atoms with E-state index in [2.05, 4.69) is 24.1 Å². The number of hydrogen-bond donors (Lipinski definition) is 1. The van der Waals surface area contributed by atoms with E-state index in [1.54, 1.807) is 7.11 Å². The third kappa shape index (κ3) is 0.937. The number of nitrogens with zero attached hydrogens (tertiary/aromatic N) is 1. The number of Topliss-reactive ketones (excluding diaryl/α,β-unsaturated/α-hetero) is 1. The van der Waals surface area contributed by atoms with Gasteiger partial charge >= 0.3 is 0 Å². The zero-order chi connectivity index (χ0) is 15.8. The molecule has 2 fully saturated rings. The molecule has 23 heavy (non-hydrogen) atoms. The number of hydrogen-bond acceptors (Lipinski definition) is 5. The summed E-state index contributed by atoms with van der Waals surface area (Å²) in [7, 11) is 3.75. The van der Waals surface area contributed by atoms with Gasteiger partial charge in [0, 0.05) is 12.0 Å². The zero-order valence-electron chi connectivity index (χ0n) is 13.2. The fourth-order valence-electron chi connectivity index (χ4n) is 6.16. The molecule has 5 nitrogen and oxygen atoms in total. The van der Waals surface area contributed by atoms with Gasteiger partial charge in [-0.25, -0.2) is 0 Å². The van der Waals surface area contributed by atoms with Gasteiger partial charge in [-0.15, -0.1) is 0 Å². The number of fused-ring (bicyclic) bond motifs is 1. The predicted octanol–water partition coefficient (Wildman–Crippen LogP) is 0.892. The molecule has 1 saturated heterocycles. The largest absolute Gasteiger partial charge is 0.493 e. The quantitative estimate of drug-likeness (QED) is 0.616. The first-order valence-electron chi connectivity index (χ1n) is 8.14. The monoisotopic (exact) mass is 310 g/mol. The van der Waals surface area contributed by atoms with Crippen LogP contribution in [0, 0.1) is 0 Å². The van der Waals surface area contributed by atoms with Gasteiger partial charge in [-0.05, 0) is 37.1 Å². The maximum Gasteiger partial charge on any atom is 0.178 e. The molecule has 118 valence electrons. The number of allylic oxidation sites excluding steroid dienone is 1. The van der Waals surface area contributed by atoms with Crippen molar-refractivity contribution >= 4 is 5.78 Å². The lowest BCUT2D eigenvalue weighted by Crippen LogP contribution is -2.52. The highest BCUT2D eigenvalue weighted by molar-refractivity contribution is 5.93. The Morgan fingerprint density at radius 1 is 1.43 bits per heavy atom. The third-order valence-corrected chi connectivity index (χ3v) is 7.13. The minimum atomic E-state index is -0.439. The Bertz CT molecular complexity index is 862. The summed E-state index contributed by atoms with van der Waals surface area (Å²) >= 11 is 0. The van der Waals surface area contributed by atoms with Crippen molar-refractivity contribution in [2.24, 2.45) is 5.73 Å². The Balaban J connectivity index is 1.74. The summed E-state index contributed by atoms with van der Waals surface area (Å²) in [5.41, 5.74) is 9.62. The number of benzene rings is 1. The van der Waals surface area contributed by atoms with E-state index >= 15 is 0 Å². The van der Waals surface area contributed by atoms with Gasteiger partial charge in [-0.1, -0.05) is 12.1 Å². The number of likely N-dealkylation sites (N-methyl/N-ethyl adjacent to an activating group) is 1. The number of rotatable bonds is 1. The maximum atomic E-state index is 12.6. The van der Waals surface area contributed by atoms with Crippen molar-refractivity contribution in [3.8, 4) is 11.5 Å². The third-order valence-electron chi connectivity index (χ3n) is 7.13. The second-order valence-corrected chi connectivity index (χ2v) is 7.60. The molecular weight excluding hydrogens is 292 g/mol. The summed E-state index contributed by atoms with van der Waals surface area (Å²) in [6.07, 6.45) is 3.84. The van der Waals surface area contributed by atoms with E-state index in [9.17, 15) is 4.79 Å². The van der Waals surface area contributed by atoms with Crippen molar-refractivity contribution in [2.45, 2.75) is 42.0 Å². The smallest absolute Gasteiger partial charge is 0.178 e. The molecule has 0 radical (unpaired) electrons. The lowest BCUT2D eigenvalue weighted by molar-refractivity contribution is -0.127. The average Bonchev–Trinajstić information content (AvgIpc) is 2.85. The normalized spacial score (nSPS) is 46.7. The van der Waals surface area contributed by atoms with Crippen molar-refractivity contribution in [1.82, 2.24) is 4.90 Å². The lowest BCUT2D eigenvalue weighted by atomic mass is 9.62. The number of nitrogens with two attached hydrogens (primary N) is 1. The summed E-state index contributed by atoms with van der Waals surface area (Å²) < 4.78 is 11.7. The van der Waals surface area contributed by atoms with Crippen molar-refractivity contribution in [3.05, 3.63) is 34.9 Å². The second kappa shape index (κ2) is 3.19. The molecule has 1 aromatic rings. The zero-order valence-corrected chi connectivity index (χ0v) is 13.2. The average molecular weight is 310 g/mol. The van der Waals surface area contributed by atoms with Gasteiger partial charge < -0.3 is 15.2 Å². The first kappa shape index (κ1) is 12.6. The van der Waals surface area contributed by atoms with Crippen molar-refractivity contribution in [1.29, 1.82) is 0 Å². The molecule has 0 amide bonds. The Hall–Kier alpha value is -1.85. The van der Waals surface area contributed by atoms with Crippen molar-refractivity contribution in [3.63, 3.8) is 0 Å². The minimum Gasteiger partial charge on any atom is -0.493 e. The molecule has 1 aromatic carbocycles. The van der Waals surface area contributed by atoms with Gasteiger partial charge in [0.05, 0.1) is 18.1 Å². The van der Waals surface area contributed by atoms with Gasteiger partial charge in [-0.2, -0.15) is 0 Å². The van der Waals surface area contributed by atoms with Crippen LogP contribution in [0.3, 0.4) is 0 Å². The molecular formula is C18H18N2O3. The summed E-state index contributed by atoms with van der Waals surface area (Å²) in [5.74, 6) is 1.64. The van der Waals surface area contributed by atoms with Crippen LogP contribution in [0.15, 0.2) is 23.8 Å². The molecule has 2 spiro atoms. The first-order valence-corrected chi connectivity index (χ1v) is 8.14. The summed E-state index contributed by atoms with van der Waals surface area (Å²) in [6.45, 7) is 0. The Morgan fingerprint density at radius 2 is 2.26 bits per heavy atom. The van der Waals surface area contributed by atoms with E-state index in [4.69, 9.17) is 15.2 Å². The fourth-order valence-corrected chi connectivity index (χ4v) is 6.16. The lowest BCUT2D eigenvalue weighted by Gasteiger charge is -2.41. The molecule has 2 bridgehead atoms. The van der Waals surface area contributed by atoms with Gasteiger partial charge in [-0.3, -0.25) is 9.69 Å². The molecule has 2 unspecified atom stereocenters. The van der Waals surface area contributed by atoms with Gasteiger partial charge in [0.2, 0.25) is 0 Å². The van der Waals surface area contributed by atoms with Crippen molar-refractivity contribution in [2.75, 3.05) is 14.2 Å². The SMILES string of the molecule is COc1ccc2c3c1O[C@H]1C(=O)CC=C4[C@@]31CC1(C2)N(C)[C@@]41N. The highest BCUT2D eigenvalue weighted by Gasteiger charge is 2.86. The standard InChI is InChI=1S/C18H18N2O3/c1-20-16-7-9-3-5-11(22-2)14-13(9)17(8-16)12(18(16,20)19)6-4-10(21)15(17)23-14/h3,5-6,15H,4,7-8,19H2,1-2H3/t15-,16?,17-,18-,20?/m0/s1. The van der Waals surface area contributed by atoms with Crippen LogP contribution in [0.25, 0.3) is 0 Å². The van der Waals surface area contributed by atoms with Crippen LogP contribution in [0.1, 0.15) is 24.0 Å². The molecule has 0 aromatic heterocycles. The number of methoxy groups -OCH3 is 1. The van der Waals surface area contributed by atoms with Crippen LogP contribution in [0.5, 0.6) is 11.5 Å². The van der Waals surface area contributed by atoms with Crippen LogP contribution in [-0.2, 0) is 16.6 Å². The Morgan fingerprint density at radius 3 is 3.04 bits per heavy atom. The van der Waals surface area contributed by atoms with E-state index in [-0.39, 0.29) is 16.7 Å². The Labute approximate surface area is 134 Å².